The highest BCUT2D eigenvalue weighted by atomic mass is 15.0. The fourth-order valence-corrected chi connectivity index (χ4v) is 2.42. The van der Waals surface area contributed by atoms with Crippen LogP contribution in [0.25, 0.3) is 10.9 Å². The molecule has 1 aliphatic carbocycles. The number of aryl methyl sites for hydroxylation is 1. The summed E-state index contributed by atoms with van der Waals surface area (Å²) in [4.78, 5) is 0. The average molecular weight is 254 g/mol. The molecule has 0 spiro atoms. The third kappa shape index (κ3) is 3.07. The Morgan fingerprint density at radius 1 is 1.37 bits per heavy atom. The van der Waals surface area contributed by atoms with Crippen molar-refractivity contribution in [3.8, 4) is 0 Å². The second-order valence-corrected chi connectivity index (χ2v) is 5.76. The van der Waals surface area contributed by atoms with Crippen LogP contribution in [0.4, 0.5) is 0 Å². The van der Waals surface area contributed by atoms with Gasteiger partial charge < -0.3 is 9.88 Å². The molecular weight excluding hydrogens is 232 g/mol. The maximum atomic E-state index is 3.97. The van der Waals surface area contributed by atoms with Crippen molar-refractivity contribution >= 4 is 10.9 Å². The largest absolute Gasteiger partial charge is 0.347 e. The van der Waals surface area contributed by atoms with E-state index in [1.54, 1.807) is 0 Å². The van der Waals surface area contributed by atoms with E-state index in [2.05, 4.69) is 53.8 Å². The first-order valence-corrected chi connectivity index (χ1v) is 7.18. The van der Waals surface area contributed by atoms with Crippen LogP contribution in [0.3, 0.4) is 0 Å². The van der Waals surface area contributed by atoms with Crippen molar-refractivity contribution in [3.63, 3.8) is 0 Å². The predicted molar refractivity (Wildman–Crippen MR) is 81.2 cm³/mol. The Hall–Kier alpha value is -1.54. The van der Waals surface area contributed by atoms with Crippen LogP contribution in [0.15, 0.2) is 42.6 Å². The monoisotopic (exact) mass is 254 g/mol. The van der Waals surface area contributed by atoms with E-state index in [9.17, 15) is 0 Å². The molecule has 0 unspecified atom stereocenters. The van der Waals surface area contributed by atoms with Crippen LogP contribution in [-0.4, -0.2) is 10.6 Å². The number of benzene rings is 1. The molecule has 3 rings (SSSR count). The Labute approximate surface area is 115 Å². The predicted octanol–water partition coefficient (Wildman–Crippen LogP) is 3.86. The number of rotatable bonds is 6. The van der Waals surface area contributed by atoms with Crippen LogP contribution >= 0.6 is 0 Å². The molecule has 2 nitrogen and oxygen atoms in total. The van der Waals surface area contributed by atoms with Crippen molar-refractivity contribution < 1.29 is 0 Å². The van der Waals surface area contributed by atoms with Crippen LogP contribution in [-0.2, 0) is 13.1 Å². The zero-order valence-corrected chi connectivity index (χ0v) is 11.7. The zero-order valence-electron chi connectivity index (χ0n) is 11.7. The van der Waals surface area contributed by atoms with E-state index in [4.69, 9.17) is 0 Å². The molecule has 2 aromatic rings. The fraction of sp³-hybridized carbons (Fsp3) is 0.412. The number of allylic oxidation sites excluding steroid dienone is 1. The number of fused-ring (bicyclic) bond motifs is 1. The summed E-state index contributed by atoms with van der Waals surface area (Å²) in [6.07, 6.45) is 5.93. The molecule has 1 aromatic carbocycles. The molecule has 0 radical (unpaired) electrons. The molecule has 1 heterocycles. The first-order valence-electron chi connectivity index (χ1n) is 7.18. The first kappa shape index (κ1) is 12.5. The summed E-state index contributed by atoms with van der Waals surface area (Å²) in [6, 6.07) is 9.79. The molecule has 1 saturated carbocycles. The van der Waals surface area contributed by atoms with Crippen molar-refractivity contribution in [3.05, 3.63) is 48.2 Å². The Morgan fingerprint density at radius 2 is 2.21 bits per heavy atom. The van der Waals surface area contributed by atoms with Crippen LogP contribution in [0.1, 0.15) is 31.7 Å². The van der Waals surface area contributed by atoms with Gasteiger partial charge in [-0.05, 0) is 55.3 Å². The topological polar surface area (TPSA) is 17.0 Å². The van der Waals surface area contributed by atoms with Crippen molar-refractivity contribution in [2.75, 3.05) is 0 Å². The molecule has 100 valence electrons. The maximum absolute atomic E-state index is 3.97. The van der Waals surface area contributed by atoms with Crippen LogP contribution < -0.4 is 5.32 Å². The van der Waals surface area contributed by atoms with E-state index >= 15 is 0 Å². The van der Waals surface area contributed by atoms with Crippen LogP contribution in [0, 0.1) is 0 Å². The number of aromatic nitrogens is 1. The van der Waals surface area contributed by atoms with E-state index in [1.165, 1.54) is 34.9 Å². The number of nitrogens with zero attached hydrogens (tertiary/aromatic N) is 1. The van der Waals surface area contributed by atoms with E-state index in [0.717, 1.165) is 25.6 Å². The molecular formula is C17H22N2. The summed E-state index contributed by atoms with van der Waals surface area (Å²) in [6.45, 7) is 8.09. The molecule has 1 fully saturated rings. The van der Waals surface area contributed by atoms with Crippen LogP contribution in [0.5, 0.6) is 0 Å². The third-order valence-electron chi connectivity index (χ3n) is 3.79. The summed E-state index contributed by atoms with van der Waals surface area (Å²) in [5.74, 6) is 0. The zero-order chi connectivity index (χ0) is 13.2. The van der Waals surface area contributed by atoms with Gasteiger partial charge in [0.25, 0.3) is 0 Å². The van der Waals surface area contributed by atoms with Gasteiger partial charge in [0.1, 0.15) is 0 Å². The highest BCUT2D eigenvalue weighted by molar-refractivity contribution is 5.80. The van der Waals surface area contributed by atoms with Crippen molar-refractivity contribution in [2.45, 2.75) is 45.3 Å². The summed E-state index contributed by atoms with van der Waals surface area (Å²) in [7, 11) is 0. The number of hydrogen-bond donors (Lipinski definition) is 1. The highest BCUT2D eigenvalue weighted by Gasteiger charge is 2.19. The summed E-state index contributed by atoms with van der Waals surface area (Å²) >= 11 is 0. The first-order chi connectivity index (χ1) is 9.22. The quantitative estimate of drug-likeness (QED) is 0.775. The molecule has 2 heteroatoms. The summed E-state index contributed by atoms with van der Waals surface area (Å²) in [5, 5.41) is 4.91. The highest BCUT2D eigenvalue weighted by Crippen LogP contribution is 2.21. The molecule has 0 saturated heterocycles. The van der Waals surface area contributed by atoms with Gasteiger partial charge in [0, 0.05) is 30.8 Å². The van der Waals surface area contributed by atoms with Gasteiger partial charge in [-0.1, -0.05) is 11.6 Å². The molecule has 0 atom stereocenters. The second kappa shape index (κ2) is 5.22. The fourth-order valence-electron chi connectivity index (χ4n) is 2.42. The molecule has 1 aromatic heterocycles. The smallest absolute Gasteiger partial charge is 0.0480 e. The Kier molecular flexibility index (Phi) is 3.43. The lowest BCUT2D eigenvalue weighted by Gasteiger charge is -2.07. The molecule has 19 heavy (non-hydrogen) atoms. The minimum Gasteiger partial charge on any atom is -0.347 e. The van der Waals surface area contributed by atoms with Crippen molar-refractivity contribution in [1.82, 2.24) is 9.88 Å². The minimum atomic E-state index is 0.774. The maximum Gasteiger partial charge on any atom is 0.0480 e. The summed E-state index contributed by atoms with van der Waals surface area (Å²) < 4.78 is 2.32. The Morgan fingerprint density at radius 3 is 2.95 bits per heavy atom. The lowest BCUT2D eigenvalue weighted by Crippen LogP contribution is -2.15. The lowest BCUT2D eigenvalue weighted by molar-refractivity contribution is 0.688. The Balaban J connectivity index is 1.74. The lowest BCUT2D eigenvalue weighted by atomic mass is 10.1. The molecule has 0 aliphatic heterocycles. The van der Waals surface area contributed by atoms with Gasteiger partial charge in [0.2, 0.25) is 0 Å². The number of hydrogen-bond acceptors (Lipinski definition) is 1. The average Bonchev–Trinajstić information content (AvgIpc) is 3.14. The van der Waals surface area contributed by atoms with E-state index in [0.29, 0.717) is 0 Å². The van der Waals surface area contributed by atoms with Crippen molar-refractivity contribution in [2.24, 2.45) is 0 Å². The van der Waals surface area contributed by atoms with Gasteiger partial charge in [-0.25, -0.2) is 0 Å². The molecule has 1 N–H and O–H groups in total. The van der Waals surface area contributed by atoms with Gasteiger partial charge in [0.15, 0.2) is 0 Å². The summed E-state index contributed by atoms with van der Waals surface area (Å²) in [5.41, 5.74) is 3.96. The van der Waals surface area contributed by atoms with Gasteiger partial charge >= 0.3 is 0 Å². The van der Waals surface area contributed by atoms with Gasteiger partial charge in [0.05, 0.1) is 0 Å². The standard InChI is InChI=1S/C17H22N2/c1-13(2)7-9-19-10-8-15-11-14(3-6-17(15)19)12-18-16-4-5-16/h3,6,8,10-11,16,18H,1,4-5,7,9,12H2,2H3. The van der Waals surface area contributed by atoms with E-state index in [1.807, 2.05) is 0 Å². The van der Waals surface area contributed by atoms with Crippen LogP contribution in [0.2, 0.25) is 0 Å². The third-order valence-corrected chi connectivity index (χ3v) is 3.79. The second-order valence-electron chi connectivity index (χ2n) is 5.76. The van der Waals surface area contributed by atoms with Gasteiger partial charge in [-0.15, -0.1) is 6.58 Å². The SMILES string of the molecule is C=C(C)CCn1ccc2cc(CNC3CC3)ccc21. The molecule has 0 bridgehead atoms. The van der Waals surface area contributed by atoms with E-state index < -0.39 is 0 Å². The Bertz CT molecular complexity index is 590. The van der Waals surface area contributed by atoms with Gasteiger partial charge in [-0.2, -0.15) is 0 Å². The normalized spacial score (nSPS) is 15.0. The molecule has 1 aliphatic rings. The number of nitrogens with one attached hydrogen (secondary N) is 1. The molecule has 0 amide bonds. The van der Waals surface area contributed by atoms with Gasteiger partial charge in [-0.3, -0.25) is 0 Å². The minimum absolute atomic E-state index is 0.774. The van der Waals surface area contributed by atoms with Crippen molar-refractivity contribution in [1.29, 1.82) is 0 Å². The van der Waals surface area contributed by atoms with E-state index in [-0.39, 0.29) is 0 Å².